The van der Waals surface area contributed by atoms with Crippen LogP contribution in [0.1, 0.15) is 55.0 Å². The predicted octanol–water partition coefficient (Wildman–Crippen LogP) is 5.35. The maximum Gasteiger partial charge on any atom is 0.417 e. The molecule has 0 bridgehead atoms. The summed E-state index contributed by atoms with van der Waals surface area (Å²) in [4.78, 5) is 17.8. The van der Waals surface area contributed by atoms with Gasteiger partial charge in [0.25, 0.3) is 5.56 Å². The van der Waals surface area contributed by atoms with Gasteiger partial charge in [0, 0.05) is 11.5 Å². The Balaban J connectivity index is 1.86. The molecule has 1 saturated carbocycles. The summed E-state index contributed by atoms with van der Waals surface area (Å²) < 4.78 is 41.1. The van der Waals surface area contributed by atoms with Crippen LogP contribution in [-0.4, -0.2) is 15.9 Å². The van der Waals surface area contributed by atoms with E-state index in [0.29, 0.717) is 16.7 Å². The largest absolute Gasteiger partial charge is 0.417 e. The highest BCUT2D eigenvalue weighted by Crippen LogP contribution is 2.33. The average molecular weight is 399 g/mol. The molecule has 1 aromatic heterocycles. The summed E-state index contributed by atoms with van der Waals surface area (Å²) in [5.74, 6) is 0.588. The highest BCUT2D eigenvalue weighted by atomic mass is 19.4. The second-order valence-electron chi connectivity index (χ2n) is 7.27. The van der Waals surface area contributed by atoms with Crippen LogP contribution in [0.25, 0.3) is 10.9 Å². The lowest BCUT2D eigenvalue weighted by Gasteiger charge is -2.22. The van der Waals surface area contributed by atoms with Crippen LogP contribution in [0.2, 0.25) is 0 Å². The van der Waals surface area contributed by atoms with Crippen LogP contribution in [0.4, 0.5) is 13.2 Å². The van der Waals surface area contributed by atoms with Gasteiger partial charge >= 0.3 is 6.18 Å². The molecule has 2 aromatic carbocycles. The van der Waals surface area contributed by atoms with Gasteiger partial charge in [0.05, 0.1) is 22.7 Å². The van der Waals surface area contributed by atoms with Gasteiger partial charge in [0.15, 0.2) is 0 Å². The van der Waals surface area contributed by atoms with Crippen LogP contribution in [0, 0.1) is 0 Å². The van der Waals surface area contributed by atoms with Gasteiger partial charge in [-0.25, -0.2) is 4.98 Å². The van der Waals surface area contributed by atoms with Gasteiger partial charge in [-0.2, -0.15) is 22.9 Å². The van der Waals surface area contributed by atoms with E-state index >= 15 is 0 Å². The van der Waals surface area contributed by atoms with Crippen LogP contribution in [0.5, 0.6) is 0 Å². The highest BCUT2D eigenvalue weighted by molar-refractivity contribution is 5.82. The fourth-order valence-corrected chi connectivity index (χ4v) is 3.87. The highest BCUT2D eigenvalue weighted by Gasteiger charge is 2.32. The molecule has 0 atom stereocenters. The number of halogens is 3. The Morgan fingerprint density at radius 3 is 2.45 bits per heavy atom. The molecule has 0 amide bonds. The van der Waals surface area contributed by atoms with E-state index in [0.717, 1.165) is 44.4 Å². The number of nitrogens with zero attached hydrogens (tertiary/aromatic N) is 3. The zero-order chi connectivity index (χ0) is 20.4. The molecule has 0 N–H and O–H groups in total. The lowest BCUT2D eigenvalue weighted by molar-refractivity contribution is -0.137. The summed E-state index contributed by atoms with van der Waals surface area (Å²) in [7, 11) is 0. The minimum Gasteiger partial charge on any atom is -0.267 e. The van der Waals surface area contributed by atoms with Crippen molar-refractivity contribution in [2.45, 2.75) is 44.2 Å². The van der Waals surface area contributed by atoms with E-state index in [4.69, 9.17) is 0 Å². The Morgan fingerprint density at radius 1 is 1.00 bits per heavy atom. The van der Waals surface area contributed by atoms with Crippen molar-refractivity contribution >= 4 is 17.1 Å². The monoisotopic (exact) mass is 399 g/mol. The van der Waals surface area contributed by atoms with Crippen molar-refractivity contribution in [1.29, 1.82) is 0 Å². The van der Waals surface area contributed by atoms with Gasteiger partial charge in [0.1, 0.15) is 5.82 Å². The predicted molar refractivity (Wildman–Crippen MR) is 106 cm³/mol. The summed E-state index contributed by atoms with van der Waals surface area (Å²) in [5.41, 5.74) is -0.656. The van der Waals surface area contributed by atoms with Crippen molar-refractivity contribution in [2.24, 2.45) is 5.10 Å². The number of alkyl halides is 3. The minimum absolute atomic E-state index is 0.0658. The zero-order valence-corrected chi connectivity index (χ0v) is 15.7. The third kappa shape index (κ3) is 3.95. The quantitative estimate of drug-likeness (QED) is 0.558. The number of benzene rings is 2. The van der Waals surface area contributed by atoms with Crippen LogP contribution in [0.15, 0.2) is 58.4 Å². The Labute approximate surface area is 165 Å². The maximum absolute atomic E-state index is 13.3. The lowest BCUT2D eigenvalue weighted by Crippen LogP contribution is -2.25. The van der Waals surface area contributed by atoms with Gasteiger partial charge in [-0.3, -0.25) is 4.79 Å². The van der Waals surface area contributed by atoms with Gasteiger partial charge in [-0.05, 0) is 31.0 Å². The minimum atomic E-state index is -4.50. The molecule has 4 rings (SSSR count). The summed E-state index contributed by atoms with van der Waals surface area (Å²) >= 11 is 0. The fraction of sp³-hybridized carbons (Fsp3) is 0.318. The first-order valence-corrected chi connectivity index (χ1v) is 9.67. The third-order valence-corrected chi connectivity index (χ3v) is 5.33. The zero-order valence-electron chi connectivity index (χ0n) is 15.7. The van der Waals surface area contributed by atoms with Crippen LogP contribution in [-0.2, 0) is 6.18 Å². The van der Waals surface area contributed by atoms with Crippen molar-refractivity contribution in [2.75, 3.05) is 0 Å². The van der Waals surface area contributed by atoms with E-state index < -0.39 is 11.7 Å². The molecule has 0 spiro atoms. The molecule has 150 valence electrons. The average Bonchev–Trinajstić information content (AvgIpc) is 2.73. The Hall–Kier alpha value is -2.96. The van der Waals surface area contributed by atoms with E-state index in [2.05, 4.69) is 10.1 Å². The summed E-state index contributed by atoms with van der Waals surface area (Å²) in [6.45, 7) is 0. The molecule has 1 aliphatic carbocycles. The van der Waals surface area contributed by atoms with E-state index in [1.165, 1.54) is 22.9 Å². The number of rotatable bonds is 3. The van der Waals surface area contributed by atoms with Gasteiger partial charge in [-0.1, -0.05) is 49.6 Å². The Bertz CT molecular complexity index is 1110. The summed E-state index contributed by atoms with van der Waals surface area (Å²) in [6.07, 6.45) is 1.59. The molecule has 1 aliphatic rings. The molecule has 0 aliphatic heterocycles. The third-order valence-electron chi connectivity index (χ3n) is 5.33. The first-order valence-electron chi connectivity index (χ1n) is 9.67. The summed E-state index contributed by atoms with van der Waals surface area (Å²) in [5, 5.41) is 4.59. The van der Waals surface area contributed by atoms with Crippen molar-refractivity contribution in [3.05, 3.63) is 75.8 Å². The number of fused-ring (bicyclic) bond motifs is 1. The van der Waals surface area contributed by atoms with E-state index in [9.17, 15) is 18.0 Å². The molecule has 0 unspecified atom stereocenters. The molecule has 1 heterocycles. The molecule has 0 radical (unpaired) electrons. The van der Waals surface area contributed by atoms with Crippen LogP contribution < -0.4 is 5.56 Å². The first-order chi connectivity index (χ1) is 13.9. The topological polar surface area (TPSA) is 47.2 Å². The molecule has 3 aromatic rings. The van der Waals surface area contributed by atoms with Crippen molar-refractivity contribution < 1.29 is 13.2 Å². The lowest BCUT2D eigenvalue weighted by atomic mass is 9.88. The Morgan fingerprint density at radius 2 is 1.69 bits per heavy atom. The van der Waals surface area contributed by atoms with Gasteiger partial charge in [-0.15, -0.1) is 0 Å². The molecular weight excluding hydrogens is 379 g/mol. The normalized spacial score (nSPS) is 16.0. The van der Waals surface area contributed by atoms with Gasteiger partial charge in [0.2, 0.25) is 0 Å². The number of hydrogen-bond acceptors (Lipinski definition) is 3. The maximum atomic E-state index is 13.3. The molecule has 7 heteroatoms. The SMILES string of the molecule is O=c1c2ccccc2nc(C2CCCCC2)n1N=Cc1ccccc1C(F)(F)F. The van der Waals surface area contributed by atoms with Gasteiger partial charge < -0.3 is 0 Å². The number of hydrogen-bond donors (Lipinski definition) is 0. The number of para-hydroxylation sites is 1. The summed E-state index contributed by atoms with van der Waals surface area (Å²) in [6, 6.07) is 12.2. The van der Waals surface area contributed by atoms with E-state index in [1.807, 2.05) is 6.07 Å². The van der Waals surface area contributed by atoms with Crippen molar-refractivity contribution in [3.8, 4) is 0 Å². The molecule has 4 nitrogen and oxygen atoms in total. The standard InChI is InChI=1S/C22H20F3N3O/c23-22(24,25)18-12-6-4-10-16(18)14-26-28-20(15-8-2-1-3-9-15)27-19-13-7-5-11-17(19)21(28)29/h4-7,10-15H,1-3,8-9H2. The second-order valence-corrected chi connectivity index (χ2v) is 7.27. The van der Waals surface area contributed by atoms with Crippen molar-refractivity contribution in [3.63, 3.8) is 0 Å². The van der Waals surface area contributed by atoms with Crippen LogP contribution in [0.3, 0.4) is 0 Å². The smallest absolute Gasteiger partial charge is 0.267 e. The van der Waals surface area contributed by atoms with E-state index in [1.54, 1.807) is 18.2 Å². The molecule has 29 heavy (non-hydrogen) atoms. The van der Waals surface area contributed by atoms with Crippen molar-refractivity contribution in [1.82, 2.24) is 9.66 Å². The molecule has 0 saturated heterocycles. The Kier molecular flexibility index (Phi) is 5.22. The second kappa shape index (κ2) is 7.81. The van der Waals surface area contributed by atoms with Crippen LogP contribution >= 0.6 is 0 Å². The number of aromatic nitrogens is 2. The first kappa shape index (κ1) is 19.4. The molecular formula is C22H20F3N3O. The molecule has 1 fully saturated rings. The fourth-order valence-electron chi connectivity index (χ4n) is 3.87. The van der Waals surface area contributed by atoms with E-state index in [-0.39, 0.29) is 17.0 Å².